The Kier molecular flexibility index (Phi) is 3.33. The van der Waals surface area contributed by atoms with Gasteiger partial charge in [-0.3, -0.25) is 4.79 Å². The zero-order valence-electron chi connectivity index (χ0n) is 10.2. The first-order chi connectivity index (χ1) is 8.09. The minimum Gasteiger partial charge on any atom is -0.508 e. The molecule has 2 atom stereocenters. The largest absolute Gasteiger partial charge is 0.508 e. The first-order valence-electron chi connectivity index (χ1n) is 5.89. The number of nitrogens with one attached hydrogen (secondary N) is 1. The smallest absolute Gasteiger partial charge is 0.231 e. The Hall–Kier alpha value is -1.55. The number of carbonyl (C=O) groups is 1. The van der Waals surface area contributed by atoms with Crippen LogP contribution in [0.25, 0.3) is 0 Å². The molecule has 1 aromatic carbocycles. The van der Waals surface area contributed by atoms with E-state index in [2.05, 4.69) is 5.32 Å². The number of phenols is 1. The molecule has 0 spiro atoms. The van der Waals surface area contributed by atoms with Gasteiger partial charge >= 0.3 is 0 Å². The summed E-state index contributed by atoms with van der Waals surface area (Å²) in [5.41, 5.74) is 0.812. The Bertz CT molecular complexity index is 402. The normalized spacial score (nSPS) is 23.6. The molecule has 1 aliphatic rings. The molecule has 0 saturated carbocycles. The topological polar surface area (TPSA) is 52.6 Å². The highest BCUT2D eigenvalue weighted by Gasteiger charge is 2.31. The van der Waals surface area contributed by atoms with E-state index in [1.807, 2.05) is 6.92 Å². The number of hydrogen-bond donors (Lipinski definition) is 2. The van der Waals surface area contributed by atoms with Gasteiger partial charge in [0.2, 0.25) is 5.91 Å². The minimum absolute atomic E-state index is 0.0498. The molecule has 4 nitrogen and oxygen atoms in total. The van der Waals surface area contributed by atoms with Crippen LogP contribution in [0.1, 0.15) is 13.3 Å². The highest BCUT2D eigenvalue weighted by molar-refractivity contribution is 5.95. The summed E-state index contributed by atoms with van der Waals surface area (Å²) in [5, 5.41) is 12.5. The molecule has 2 unspecified atom stereocenters. The van der Waals surface area contributed by atoms with Gasteiger partial charge in [-0.25, -0.2) is 0 Å². The van der Waals surface area contributed by atoms with Crippen LogP contribution in [0.3, 0.4) is 0 Å². The summed E-state index contributed by atoms with van der Waals surface area (Å²) >= 11 is 0. The molecule has 1 aromatic rings. The third-order valence-corrected chi connectivity index (χ3v) is 3.41. The lowest BCUT2D eigenvalue weighted by Gasteiger charge is -2.23. The molecule has 1 fully saturated rings. The van der Waals surface area contributed by atoms with Gasteiger partial charge in [-0.2, -0.15) is 0 Å². The van der Waals surface area contributed by atoms with Crippen molar-refractivity contribution in [2.75, 3.05) is 18.5 Å². The molecule has 0 radical (unpaired) electrons. The molecule has 0 bridgehead atoms. The maximum atomic E-state index is 12.3. The first-order valence-corrected chi connectivity index (χ1v) is 5.89. The quantitative estimate of drug-likeness (QED) is 0.812. The van der Waals surface area contributed by atoms with Gasteiger partial charge < -0.3 is 15.3 Å². The average molecular weight is 234 g/mol. The second kappa shape index (κ2) is 4.75. The number of phenolic OH excluding ortho intramolecular Hbond substituents is 1. The van der Waals surface area contributed by atoms with Crippen molar-refractivity contribution in [1.29, 1.82) is 0 Å². The van der Waals surface area contributed by atoms with E-state index in [0.29, 0.717) is 0 Å². The van der Waals surface area contributed by atoms with E-state index in [0.717, 1.165) is 18.7 Å². The number of benzene rings is 1. The summed E-state index contributed by atoms with van der Waals surface area (Å²) in [5.74, 6) is 0.396. The molecule has 2 rings (SSSR count). The van der Waals surface area contributed by atoms with Crippen molar-refractivity contribution in [2.45, 2.75) is 19.4 Å². The molecule has 0 aromatic heterocycles. The third kappa shape index (κ3) is 2.42. The summed E-state index contributed by atoms with van der Waals surface area (Å²) in [6.07, 6.45) is 0.891. The predicted octanol–water partition coefficient (Wildman–Crippen LogP) is 1.35. The summed E-state index contributed by atoms with van der Waals surface area (Å²) in [4.78, 5) is 13.9. The van der Waals surface area contributed by atoms with Gasteiger partial charge in [0.25, 0.3) is 0 Å². The number of nitrogens with zero attached hydrogens (tertiary/aromatic N) is 1. The molecule has 2 N–H and O–H groups in total. The Morgan fingerprint density at radius 1 is 1.41 bits per heavy atom. The van der Waals surface area contributed by atoms with E-state index < -0.39 is 0 Å². The standard InChI is InChI=1S/C13H18N2O2/c1-9-12(7-8-14-9)13(17)15(2)10-3-5-11(16)6-4-10/h3-6,9,12,14,16H,7-8H2,1-2H3. The van der Waals surface area contributed by atoms with Crippen LogP contribution in [0, 0.1) is 5.92 Å². The lowest BCUT2D eigenvalue weighted by Crippen LogP contribution is -2.38. The fourth-order valence-electron chi connectivity index (χ4n) is 2.25. The van der Waals surface area contributed by atoms with Crippen LogP contribution in [0.5, 0.6) is 5.75 Å². The lowest BCUT2D eigenvalue weighted by atomic mass is 10.0. The van der Waals surface area contributed by atoms with Crippen LogP contribution in [-0.4, -0.2) is 30.6 Å². The van der Waals surface area contributed by atoms with Crippen molar-refractivity contribution in [1.82, 2.24) is 5.32 Å². The molecule has 1 amide bonds. The molecule has 1 saturated heterocycles. The summed E-state index contributed by atoms with van der Waals surface area (Å²) < 4.78 is 0. The van der Waals surface area contributed by atoms with Crippen molar-refractivity contribution < 1.29 is 9.90 Å². The number of aromatic hydroxyl groups is 1. The maximum Gasteiger partial charge on any atom is 0.231 e. The number of rotatable bonds is 2. The van der Waals surface area contributed by atoms with Crippen LogP contribution < -0.4 is 10.2 Å². The van der Waals surface area contributed by atoms with Crippen molar-refractivity contribution in [3.63, 3.8) is 0 Å². The predicted molar refractivity (Wildman–Crippen MR) is 67.1 cm³/mol. The van der Waals surface area contributed by atoms with Gasteiger partial charge in [0.1, 0.15) is 5.75 Å². The molecule has 0 aliphatic carbocycles. The van der Waals surface area contributed by atoms with Gasteiger partial charge in [0.15, 0.2) is 0 Å². The average Bonchev–Trinajstić information content (AvgIpc) is 2.74. The molecule has 1 aliphatic heterocycles. The van der Waals surface area contributed by atoms with Gasteiger partial charge in [-0.15, -0.1) is 0 Å². The van der Waals surface area contributed by atoms with Gasteiger partial charge in [-0.1, -0.05) is 0 Å². The lowest BCUT2D eigenvalue weighted by molar-refractivity contribution is -0.122. The second-order valence-corrected chi connectivity index (χ2v) is 4.55. The van der Waals surface area contributed by atoms with Gasteiger partial charge in [0.05, 0.1) is 5.92 Å². The first kappa shape index (κ1) is 11.9. The highest BCUT2D eigenvalue weighted by Crippen LogP contribution is 2.23. The van der Waals surface area contributed by atoms with Crippen molar-refractivity contribution in [3.05, 3.63) is 24.3 Å². The molecule has 92 valence electrons. The molecule has 4 heteroatoms. The summed E-state index contributed by atoms with van der Waals surface area (Å²) in [6.45, 7) is 2.95. The van der Waals surface area contributed by atoms with Gasteiger partial charge in [-0.05, 0) is 44.2 Å². The highest BCUT2D eigenvalue weighted by atomic mass is 16.3. The van der Waals surface area contributed by atoms with Crippen molar-refractivity contribution >= 4 is 11.6 Å². The summed E-state index contributed by atoms with van der Waals surface area (Å²) in [6, 6.07) is 6.92. The van der Waals surface area contributed by atoms with E-state index in [4.69, 9.17) is 0 Å². The minimum atomic E-state index is 0.0498. The zero-order valence-corrected chi connectivity index (χ0v) is 10.2. The SMILES string of the molecule is CC1NCCC1C(=O)N(C)c1ccc(O)cc1. The number of amides is 1. The van der Waals surface area contributed by atoms with E-state index >= 15 is 0 Å². The fourth-order valence-corrected chi connectivity index (χ4v) is 2.25. The number of hydrogen-bond acceptors (Lipinski definition) is 3. The molecular formula is C13H18N2O2. The van der Waals surface area contributed by atoms with E-state index in [1.165, 1.54) is 0 Å². The Labute approximate surface area is 101 Å². The van der Waals surface area contributed by atoms with Crippen LogP contribution in [-0.2, 0) is 4.79 Å². The maximum absolute atomic E-state index is 12.3. The van der Waals surface area contributed by atoms with Crippen LogP contribution in [0.4, 0.5) is 5.69 Å². The van der Waals surface area contributed by atoms with E-state index in [-0.39, 0.29) is 23.6 Å². The van der Waals surface area contributed by atoms with E-state index in [9.17, 15) is 9.90 Å². The second-order valence-electron chi connectivity index (χ2n) is 4.55. The van der Waals surface area contributed by atoms with Crippen molar-refractivity contribution in [3.8, 4) is 5.75 Å². The van der Waals surface area contributed by atoms with Crippen LogP contribution >= 0.6 is 0 Å². The summed E-state index contributed by atoms with van der Waals surface area (Å²) in [7, 11) is 1.78. The van der Waals surface area contributed by atoms with Gasteiger partial charge in [0, 0.05) is 18.8 Å². The number of anilines is 1. The molecular weight excluding hydrogens is 216 g/mol. The Morgan fingerprint density at radius 3 is 2.59 bits per heavy atom. The Balaban J connectivity index is 2.11. The van der Waals surface area contributed by atoms with Crippen LogP contribution in [0.15, 0.2) is 24.3 Å². The zero-order chi connectivity index (χ0) is 12.4. The van der Waals surface area contributed by atoms with Crippen LogP contribution in [0.2, 0.25) is 0 Å². The number of carbonyl (C=O) groups excluding carboxylic acids is 1. The van der Waals surface area contributed by atoms with E-state index in [1.54, 1.807) is 36.2 Å². The third-order valence-electron chi connectivity index (χ3n) is 3.41. The Morgan fingerprint density at radius 2 is 2.06 bits per heavy atom. The monoisotopic (exact) mass is 234 g/mol. The fraction of sp³-hybridized carbons (Fsp3) is 0.462. The molecule has 1 heterocycles. The van der Waals surface area contributed by atoms with Crippen molar-refractivity contribution in [2.24, 2.45) is 5.92 Å². The molecule has 17 heavy (non-hydrogen) atoms.